The first-order chi connectivity index (χ1) is 10.1. The molecule has 0 aliphatic rings. The molecule has 0 spiro atoms. The Morgan fingerprint density at radius 2 is 1.64 bits per heavy atom. The summed E-state index contributed by atoms with van der Waals surface area (Å²) in [5.74, 6) is -0.159. The molecule has 0 unspecified atom stereocenters. The maximum atomic E-state index is 11.1. The van der Waals surface area contributed by atoms with Gasteiger partial charge in [0.2, 0.25) is 0 Å². The zero-order valence-electron chi connectivity index (χ0n) is 11.6. The van der Waals surface area contributed by atoms with E-state index in [2.05, 4.69) is 0 Å². The van der Waals surface area contributed by atoms with Crippen molar-refractivity contribution in [2.24, 2.45) is 5.73 Å². The van der Waals surface area contributed by atoms with Gasteiger partial charge in [-0.15, -0.1) is 12.4 Å². The number of halogens is 1. The van der Waals surface area contributed by atoms with Crippen molar-refractivity contribution >= 4 is 30.5 Å². The summed E-state index contributed by atoms with van der Waals surface area (Å²) in [4.78, 5) is 11.1. The van der Waals surface area contributed by atoms with Crippen LogP contribution >= 0.6 is 12.4 Å². The summed E-state index contributed by atoms with van der Waals surface area (Å²) in [7, 11) is 0. The van der Waals surface area contributed by atoms with Crippen molar-refractivity contribution in [1.82, 2.24) is 0 Å². The van der Waals surface area contributed by atoms with Crippen LogP contribution in [0.5, 0.6) is 17.2 Å². The average molecular weight is 322 g/mol. The second-order valence-corrected chi connectivity index (χ2v) is 4.36. The van der Waals surface area contributed by atoms with E-state index >= 15 is 0 Å². The van der Waals surface area contributed by atoms with E-state index in [-0.39, 0.29) is 36.2 Å². The molecule has 2 rings (SSSR count). The highest BCUT2D eigenvalue weighted by Crippen LogP contribution is 2.23. The van der Waals surface area contributed by atoms with Gasteiger partial charge in [-0.1, -0.05) is 24.3 Å². The lowest BCUT2D eigenvalue weighted by atomic mass is 10.1. The van der Waals surface area contributed by atoms with Crippen LogP contribution in [0.15, 0.2) is 42.5 Å². The molecule has 0 atom stereocenters. The van der Waals surface area contributed by atoms with E-state index in [1.165, 1.54) is 12.1 Å². The normalized spacial score (nSPS) is 10.2. The first-order valence-electron chi connectivity index (χ1n) is 6.29. The first-order valence-corrected chi connectivity index (χ1v) is 6.29. The fourth-order valence-corrected chi connectivity index (χ4v) is 1.71. The van der Waals surface area contributed by atoms with Gasteiger partial charge in [0.15, 0.2) is 0 Å². The minimum absolute atomic E-state index is 0. The molecule has 0 radical (unpaired) electrons. The monoisotopic (exact) mass is 321 g/mol. The number of hydrogen-bond donors (Lipinski definition) is 3. The van der Waals surface area contributed by atoms with E-state index in [1.54, 1.807) is 36.4 Å². The maximum Gasteiger partial charge on any atom is 0.325 e. The second-order valence-electron chi connectivity index (χ2n) is 4.36. The van der Waals surface area contributed by atoms with Crippen LogP contribution in [-0.4, -0.2) is 22.7 Å². The summed E-state index contributed by atoms with van der Waals surface area (Å²) >= 11 is 0. The van der Waals surface area contributed by atoms with Gasteiger partial charge in [0, 0.05) is 6.07 Å². The predicted octanol–water partition coefficient (Wildman–Crippen LogP) is 2.55. The van der Waals surface area contributed by atoms with Crippen LogP contribution in [0.3, 0.4) is 0 Å². The largest absolute Gasteiger partial charge is 0.508 e. The molecule has 0 fully saturated rings. The topological polar surface area (TPSA) is 92.8 Å². The maximum absolute atomic E-state index is 11.1. The highest BCUT2D eigenvalue weighted by Gasteiger charge is 2.04. The molecule has 0 saturated carbocycles. The van der Waals surface area contributed by atoms with Crippen LogP contribution < -0.4 is 10.5 Å². The zero-order valence-corrected chi connectivity index (χ0v) is 12.4. The molecule has 22 heavy (non-hydrogen) atoms. The summed E-state index contributed by atoms with van der Waals surface area (Å²) in [6, 6.07) is 11.2. The zero-order chi connectivity index (χ0) is 15.2. The Bertz CT molecular complexity index is 668. The lowest BCUT2D eigenvalue weighted by molar-refractivity contribution is -0.132. The number of phenolic OH excluding ortho intramolecular Hbond substituents is 2. The molecule has 0 aromatic heterocycles. The SMILES string of the molecule is Cl.NCC(=O)Oc1cc(O)cc(/C=C/c2ccc(O)cc2)c1. The number of phenols is 2. The van der Waals surface area contributed by atoms with E-state index in [0.717, 1.165) is 5.56 Å². The summed E-state index contributed by atoms with van der Waals surface area (Å²) in [5.41, 5.74) is 6.73. The summed E-state index contributed by atoms with van der Waals surface area (Å²) in [6.45, 7) is -0.228. The number of carbonyl (C=O) groups excluding carboxylic acids is 1. The Hall–Kier alpha value is -2.50. The fourth-order valence-electron chi connectivity index (χ4n) is 1.71. The van der Waals surface area contributed by atoms with Gasteiger partial charge in [-0.25, -0.2) is 0 Å². The van der Waals surface area contributed by atoms with Gasteiger partial charge in [0.25, 0.3) is 0 Å². The van der Waals surface area contributed by atoms with Gasteiger partial charge < -0.3 is 20.7 Å². The van der Waals surface area contributed by atoms with Crippen molar-refractivity contribution in [3.05, 3.63) is 53.6 Å². The van der Waals surface area contributed by atoms with Crippen LogP contribution in [-0.2, 0) is 4.79 Å². The number of hydrogen-bond acceptors (Lipinski definition) is 5. The highest BCUT2D eigenvalue weighted by atomic mass is 35.5. The molecule has 6 heteroatoms. The molecule has 2 aromatic carbocycles. The number of benzene rings is 2. The third kappa shape index (κ3) is 5.12. The van der Waals surface area contributed by atoms with Crippen LogP contribution in [0.1, 0.15) is 11.1 Å². The van der Waals surface area contributed by atoms with Crippen LogP contribution in [0, 0.1) is 0 Å². The van der Waals surface area contributed by atoms with E-state index in [9.17, 15) is 15.0 Å². The molecule has 0 saturated heterocycles. The molecular weight excluding hydrogens is 306 g/mol. The third-order valence-electron chi connectivity index (χ3n) is 2.67. The van der Waals surface area contributed by atoms with E-state index in [4.69, 9.17) is 10.5 Å². The minimum Gasteiger partial charge on any atom is -0.508 e. The molecule has 2 aromatic rings. The third-order valence-corrected chi connectivity index (χ3v) is 2.67. The molecule has 0 aliphatic carbocycles. The van der Waals surface area contributed by atoms with Crippen molar-refractivity contribution in [2.75, 3.05) is 6.54 Å². The lowest BCUT2D eigenvalue weighted by Gasteiger charge is -2.05. The molecule has 116 valence electrons. The van der Waals surface area contributed by atoms with Gasteiger partial charge in [0.05, 0.1) is 6.54 Å². The molecule has 0 bridgehead atoms. The van der Waals surface area contributed by atoms with E-state index < -0.39 is 5.97 Å². The Kier molecular flexibility index (Phi) is 6.44. The Labute approximate surface area is 134 Å². The van der Waals surface area contributed by atoms with Gasteiger partial charge in [-0.2, -0.15) is 0 Å². The van der Waals surface area contributed by atoms with Crippen molar-refractivity contribution in [3.8, 4) is 17.2 Å². The van der Waals surface area contributed by atoms with Crippen molar-refractivity contribution < 1.29 is 19.7 Å². The van der Waals surface area contributed by atoms with Crippen molar-refractivity contribution in [2.45, 2.75) is 0 Å². The Balaban J connectivity index is 0.00000242. The highest BCUT2D eigenvalue weighted by molar-refractivity contribution is 5.85. The van der Waals surface area contributed by atoms with E-state index in [1.807, 2.05) is 6.08 Å². The molecule has 0 amide bonds. The molecule has 5 nitrogen and oxygen atoms in total. The van der Waals surface area contributed by atoms with Crippen LogP contribution in [0.4, 0.5) is 0 Å². The number of aromatic hydroxyl groups is 2. The summed E-state index contributed by atoms with van der Waals surface area (Å²) in [6.07, 6.45) is 3.56. The standard InChI is InChI=1S/C16H15NO4.ClH/c17-10-16(20)21-15-8-12(7-14(19)9-15)2-1-11-3-5-13(18)6-4-11;/h1-9,18-19H,10,17H2;1H/b2-1+;. The van der Waals surface area contributed by atoms with Gasteiger partial charge in [-0.05, 0) is 35.4 Å². The van der Waals surface area contributed by atoms with Crippen molar-refractivity contribution in [1.29, 1.82) is 0 Å². The number of carbonyl (C=O) groups is 1. The number of ether oxygens (including phenoxy) is 1. The summed E-state index contributed by atoms with van der Waals surface area (Å²) < 4.78 is 4.96. The molecule has 4 N–H and O–H groups in total. The number of nitrogens with two attached hydrogens (primary N) is 1. The lowest BCUT2D eigenvalue weighted by Crippen LogP contribution is -2.19. The number of rotatable bonds is 4. The van der Waals surface area contributed by atoms with Crippen LogP contribution in [0.2, 0.25) is 0 Å². The van der Waals surface area contributed by atoms with Gasteiger partial charge in [0.1, 0.15) is 17.2 Å². The quantitative estimate of drug-likeness (QED) is 0.457. The first kappa shape index (κ1) is 17.6. The Morgan fingerprint density at radius 1 is 1.00 bits per heavy atom. The molecule has 0 aliphatic heterocycles. The average Bonchev–Trinajstić information content (AvgIpc) is 2.46. The number of esters is 1. The molecule has 0 heterocycles. The fraction of sp³-hybridized carbons (Fsp3) is 0.0625. The Morgan fingerprint density at radius 3 is 2.27 bits per heavy atom. The van der Waals surface area contributed by atoms with Crippen LogP contribution in [0.25, 0.3) is 12.2 Å². The van der Waals surface area contributed by atoms with E-state index in [0.29, 0.717) is 5.56 Å². The van der Waals surface area contributed by atoms with Crippen molar-refractivity contribution in [3.63, 3.8) is 0 Å². The predicted molar refractivity (Wildman–Crippen MR) is 87.1 cm³/mol. The molecular formula is C16H16ClNO4. The van der Waals surface area contributed by atoms with Gasteiger partial charge >= 0.3 is 5.97 Å². The second kappa shape index (κ2) is 8.07. The van der Waals surface area contributed by atoms with Gasteiger partial charge in [-0.3, -0.25) is 4.79 Å². The smallest absolute Gasteiger partial charge is 0.325 e. The summed E-state index contributed by atoms with van der Waals surface area (Å²) in [5, 5.41) is 18.8. The minimum atomic E-state index is -0.575.